The predicted octanol–water partition coefficient (Wildman–Crippen LogP) is 4.54. The molecule has 1 saturated heterocycles. The maximum Gasteiger partial charge on any atom is 0.193 e. The van der Waals surface area contributed by atoms with Crippen LogP contribution in [0, 0.1) is 5.92 Å². The van der Waals surface area contributed by atoms with Crippen LogP contribution in [-0.2, 0) is 6.42 Å². The molecular weight excluding hydrogens is 443 g/mol. The first-order valence-corrected chi connectivity index (χ1v) is 9.95. The number of likely N-dealkylation sites (tertiary alicyclic amines) is 1. The van der Waals surface area contributed by atoms with Crippen molar-refractivity contribution in [2.45, 2.75) is 39.5 Å². The number of aliphatic imine (C=N–C) groups is 1. The van der Waals surface area contributed by atoms with Gasteiger partial charge >= 0.3 is 0 Å². The Morgan fingerprint density at radius 1 is 1.32 bits per heavy atom. The molecule has 0 unspecified atom stereocenters. The third-order valence-corrected chi connectivity index (χ3v) is 5.66. The molecule has 1 aliphatic heterocycles. The van der Waals surface area contributed by atoms with Gasteiger partial charge in [-0.1, -0.05) is 19.1 Å². The van der Waals surface area contributed by atoms with Gasteiger partial charge in [-0.05, 0) is 44.2 Å². The van der Waals surface area contributed by atoms with Crippen molar-refractivity contribution in [1.29, 1.82) is 0 Å². The molecule has 0 saturated carbocycles. The Morgan fingerprint density at radius 3 is 2.80 bits per heavy atom. The van der Waals surface area contributed by atoms with Crippen LogP contribution >= 0.6 is 35.3 Å². The van der Waals surface area contributed by atoms with Gasteiger partial charge in [-0.2, -0.15) is 0 Å². The number of hydrogen-bond acceptors (Lipinski definition) is 3. The molecule has 1 N–H and O–H groups in total. The Morgan fingerprint density at radius 2 is 2.08 bits per heavy atom. The summed E-state index contributed by atoms with van der Waals surface area (Å²) in [4.78, 5) is 12.0. The molecule has 0 aliphatic carbocycles. The minimum absolute atomic E-state index is 0. The highest BCUT2D eigenvalue weighted by molar-refractivity contribution is 14.0. The molecule has 0 atom stereocenters. The predicted molar refractivity (Wildman–Crippen MR) is 119 cm³/mol. The number of guanidine groups is 1. The van der Waals surface area contributed by atoms with Crippen molar-refractivity contribution in [2.75, 3.05) is 26.2 Å². The number of benzene rings is 1. The number of hydrogen-bond donors (Lipinski definition) is 1. The standard InChI is InChI=1S/C19H28N4S.HI/c1-3-20-19(23-13-10-15(2)11-14-23)21-12-6-9-18-22-16-7-4-5-8-17(16)24-18;/h4-5,7-8,15H,3,6,9-14H2,1-2H3,(H,20,21);1H. The van der Waals surface area contributed by atoms with Crippen LogP contribution in [0.15, 0.2) is 29.3 Å². The smallest absolute Gasteiger partial charge is 0.193 e. The van der Waals surface area contributed by atoms with Gasteiger partial charge in [0.05, 0.1) is 15.2 Å². The van der Waals surface area contributed by atoms with E-state index in [1.54, 1.807) is 0 Å². The van der Waals surface area contributed by atoms with E-state index in [0.29, 0.717) is 0 Å². The lowest BCUT2D eigenvalue weighted by Crippen LogP contribution is -2.45. The van der Waals surface area contributed by atoms with Crippen LogP contribution in [0.25, 0.3) is 10.2 Å². The van der Waals surface area contributed by atoms with Gasteiger partial charge in [0.2, 0.25) is 0 Å². The van der Waals surface area contributed by atoms with Gasteiger partial charge in [-0.3, -0.25) is 4.99 Å². The number of fused-ring (bicyclic) bond motifs is 1. The fourth-order valence-electron chi connectivity index (χ4n) is 3.09. The number of rotatable bonds is 5. The summed E-state index contributed by atoms with van der Waals surface area (Å²) in [6.45, 7) is 8.55. The normalized spacial score (nSPS) is 16.1. The van der Waals surface area contributed by atoms with Crippen LogP contribution in [-0.4, -0.2) is 42.0 Å². The molecule has 1 aromatic heterocycles. The molecule has 1 fully saturated rings. The number of para-hydroxylation sites is 1. The highest BCUT2D eigenvalue weighted by Gasteiger charge is 2.18. The number of aromatic nitrogens is 1. The van der Waals surface area contributed by atoms with E-state index in [-0.39, 0.29) is 24.0 Å². The summed E-state index contributed by atoms with van der Waals surface area (Å²) in [6.07, 6.45) is 4.62. The summed E-state index contributed by atoms with van der Waals surface area (Å²) < 4.78 is 1.28. The second-order valence-corrected chi connectivity index (χ2v) is 7.70. The van der Waals surface area contributed by atoms with E-state index >= 15 is 0 Å². The Balaban J connectivity index is 0.00000225. The molecule has 3 rings (SSSR count). The number of piperidine rings is 1. The lowest BCUT2D eigenvalue weighted by Gasteiger charge is -2.33. The van der Waals surface area contributed by atoms with Gasteiger partial charge in [0, 0.05) is 32.6 Å². The van der Waals surface area contributed by atoms with Gasteiger partial charge in [0.15, 0.2) is 5.96 Å². The topological polar surface area (TPSA) is 40.5 Å². The van der Waals surface area contributed by atoms with Crippen molar-refractivity contribution in [3.05, 3.63) is 29.3 Å². The molecule has 0 bridgehead atoms. The van der Waals surface area contributed by atoms with Crippen molar-refractivity contribution in [1.82, 2.24) is 15.2 Å². The minimum Gasteiger partial charge on any atom is -0.357 e. The Bertz CT molecular complexity index is 644. The minimum atomic E-state index is 0. The van der Waals surface area contributed by atoms with Gasteiger partial charge in [-0.15, -0.1) is 35.3 Å². The van der Waals surface area contributed by atoms with Crippen molar-refractivity contribution >= 4 is 51.5 Å². The zero-order valence-electron chi connectivity index (χ0n) is 15.2. The van der Waals surface area contributed by atoms with Crippen molar-refractivity contribution < 1.29 is 0 Å². The van der Waals surface area contributed by atoms with E-state index in [0.717, 1.165) is 56.4 Å². The zero-order valence-corrected chi connectivity index (χ0v) is 18.3. The Kier molecular flexibility index (Phi) is 8.42. The van der Waals surface area contributed by atoms with Crippen LogP contribution in [0.2, 0.25) is 0 Å². The molecule has 25 heavy (non-hydrogen) atoms. The van der Waals surface area contributed by atoms with Gasteiger partial charge < -0.3 is 10.2 Å². The largest absolute Gasteiger partial charge is 0.357 e. The summed E-state index contributed by atoms with van der Waals surface area (Å²) in [6, 6.07) is 8.37. The van der Waals surface area contributed by atoms with E-state index in [9.17, 15) is 0 Å². The van der Waals surface area contributed by atoms with E-state index in [1.807, 2.05) is 11.3 Å². The van der Waals surface area contributed by atoms with Crippen LogP contribution in [0.1, 0.15) is 38.1 Å². The van der Waals surface area contributed by atoms with Crippen molar-refractivity contribution in [3.8, 4) is 0 Å². The average Bonchev–Trinajstić information content (AvgIpc) is 3.01. The van der Waals surface area contributed by atoms with E-state index in [1.165, 1.54) is 22.5 Å². The van der Waals surface area contributed by atoms with Gasteiger partial charge in [0.1, 0.15) is 0 Å². The van der Waals surface area contributed by atoms with Crippen LogP contribution in [0.3, 0.4) is 0 Å². The SMILES string of the molecule is CCNC(=NCCCc1nc2ccccc2s1)N1CCC(C)CC1.I. The molecule has 6 heteroatoms. The number of nitrogens with zero attached hydrogens (tertiary/aromatic N) is 3. The van der Waals surface area contributed by atoms with E-state index < -0.39 is 0 Å². The quantitative estimate of drug-likeness (QED) is 0.301. The van der Waals surface area contributed by atoms with Crippen LogP contribution < -0.4 is 5.32 Å². The molecule has 0 spiro atoms. The third kappa shape index (κ3) is 5.81. The summed E-state index contributed by atoms with van der Waals surface area (Å²) >= 11 is 1.81. The summed E-state index contributed by atoms with van der Waals surface area (Å²) in [5, 5.41) is 4.68. The van der Waals surface area contributed by atoms with Crippen LogP contribution in [0.4, 0.5) is 0 Å². The molecule has 0 radical (unpaired) electrons. The van der Waals surface area contributed by atoms with Crippen molar-refractivity contribution in [2.24, 2.45) is 10.9 Å². The van der Waals surface area contributed by atoms with Gasteiger partial charge in [-0.25, -0.2) is 4.98 Å². The second kappa shape index (κ2) is 10.3. The molecule has 1 aromatic carbocycles. The first kappa shape index (κ1) is 20.4. The molecule has 1 aliphatic rings. The molecule has 0 amide bonds. The number of thiazole rings is 1. The van der Waals surface area contributed by atoms with Crippen molar-refractivity contribution in [3.63, 3.8) is 0 Å². The maximum atomic E-state index is 4.84. The molecule has 2 aromatic rings. The first-order chi connectivity index (χ1) is 11.8. The molecule has 4 nitrogen and oxygen atoms in total. The molecule has 138 valence electrons. The van der Waals surface area contributed by atoms with E-state index in [2.05, 4.69) is 48.3 Å². The summed E-state index contributed by atoms with van der Waals surface area (Å²) in [7, 11) is 0. The lowest BCUT2D eigenvalue weighted by molar-refractivity contribution is 0.273. The van der Waals surface area contributed by atoms with Crippen LogP contribution in [0.5, 0.6) is 0 Å². The van der Waals surface area contributed by atoms with E-state index in [4.69, 9.17) is 9.98 Å². The monoisotopic (exact) mass is 472 g/mol. The number of nitrogens with one attached hydrogen (secondary N) is 1. The summed E-state index contributed by atoms with van der Waals surface area (Å²) in [5.74, 6) is 1.94. The zero-order chi connectivity index (χ0) is 16.8. The van der Waals surface area contributed by atoms with Gasteiger partial charge in [0.25, 0.3) is 0 Å². The fourth-order valence-corrected chi connectivity index (χ4v) is 4.10. The molecular formula is C19H29IN4S. The first-order valence-electron chi connectivity index (χ1n) is 9.14. The highest BCUT2D eigenvalue weighted by atomic mass is 127. The average molecular weight is 472 g/mol. The number of aryl methyl sites for hydroxylation is 1. The molecule has 2 heterocycles. The Hall–Kier alpha value is -0.890. The lowest BCUT2D eigenvalue weighted by atomic mass is 10.00. The third-order valence-electron chi connectivity index (χ3n) is 4.57. The second-order valence-electron chi connectivity index (χ2n) is 6.58. The highest BCUT2D eigenvalue weighted by Crippen LogP contribution is 2.22. The Labute approximate surface area is 172 Å². The maximum absolute atomic E-state index is 4.84. The number of halogens is 1. The fraction of sp³-hybridized carbons (Fsp3) is 0.579. The summed E-state index contributed by atoms with van der Waals surface area (Å²) in [5.41, 5.74) is 1.12.